The quantitative estimate of drug-likeness (QED) is 0.519. The van der Waals surface area contributed by atoms with Crippen molar-refractivity contribution >= 4 is 23.0 Å². The van der Waals surface area contributed by atoms with E-state index in [0.29, 0.717) is 4.88 Å². The minimum atomic E-state index is -0.834. The molecule has 1 heterocycles. The van der Waals surface area contributed by atoms with Crippen LogP contribution in [0.1, 0.15) is 27.0 Å². The SMILES string of the molecule is CC(=O)c1cc(C(=O)N=O)cs1. The monoisotopic (exact) mass is 183 g/mol. The number of nitroso groups, excluding NO2 is 1. The van der Waals surface area contributed by atoms with Gasteiger partial charge in [0.25, 0.3) is 0 Å². The highest BCUT2D eigenvalue weighted by molar-refractivity contribution is 7.12. The van der Waals surface area contributed by atoms with Gasteiger partial charge in [-0.25, -0.2) is 0 Å². The van der Waals surface area contributed by atoms with Crippen LogP contribution >= 0.6 is 11.3 Å². The van der Waals surface area contributed by atoms with Crippen LogP contribution in [0.4, 0.5) is 0 Å². The summed E-state index contributed by atoms with van der Waals surface area (Å²) in [4.78, 5) is 31.7. The predicted molar refractivity (Wildman–Crippen MR) is 44.4 cm³/mol. The predicted octanol–water partition coefficient (Wildman–Crippen LogP) is 1.86. The first-order valence-electron chi connectivity index (χ1n) is 3.12. The van der Waals surface area contributed by atoms with Gasteiger partial charge in [-0.05, 0) is 13.0 Å². The van der Waals surface area contributed by atoms with Crippen molar-refractivity contribution in [3.05, 3.63) is 26.8 Å². The Kier molecular flexibility index (Phi) is 2.44. The van der Waals surface area contributed by atoms with Crippen LogP contribution in [0.25, 0.3) is 0 Å². The highest BCUT2D eigenvalue weighted by Crippen LogP contribution is 2.15. The Morgan fingerprint density at radius 2 is 2.17 bits per heavy atom. The Labute approximate surface area is 72.2 Å². The number of rotatable bonds is 2. The molecule has 0 spiro atoms. The van der Waals surface area contributed by atoms with E-state index in [1.807, 2.05) is 0 Å². The molecule has 12 heavy (non-hydrogen) atoms. The zero-order chi connectivity index (χ0) is 9.14. The maximum absolute atomic E-state index is 10.8. The van der Waals surface area contributed by atoms with E-state index in [4.69, 9.17) is 0 Å². The van der Waals surface area contributed by atoms with E-state index < -0.39 is 5.91 Å². The molecule has 0 atom stereocenters. The first kappa shape index (κ1) is 8.73. The number of ketones is 1. The molecule has 5 heteroatoms. The molecule has 0 unspecified atom stereocenters. The smallest absolute Gasteiger partial charge is 0.294 e. The van der Waals surface area contributed by atoms with Gasteiger partial charge in [0.2, 0.25) is 0 Å². The third kappa shape index (κ3) is 1.62. The lowest BCUT2D eigenvalue weighted by atomic mass is 10.2. The van der Waals surface area contributed by atoms with E-state index >= 15 is 0 Å². The van der Waals surface area contributed by atoms with Crippen molar-refractivity contribution in [2.45, 2.75) is 6.92 Å². The highest BCUT2D eigenvalue weighted by atomic mass is 32.1. The van der Waals surface area contributed by atoms with Crippen molar-refractivity contribution in [2.75, 3.05) is 0 Å². The lowest BCUT2D eigenvalue weighted by Crippen LogP contribution is -1.90. The van der Waals surface area contributed by atoms with Crippen molar-refractivity contribution in [2.24, 2.45) is 5.18 Å². The van der Waals surface area contributed by atoms with Crippen LogP contribution in [-0.4, -0.2) is 11.7 Å². The van der Waals surface area contributed by atoms with Crippen molar-refractivity contribution < 1.29 is 9.59 Å². The molecule has 1 amide bonds. The van der Waals surface area contributed by atoms with Gasteiger partial charge in [0.05, 0.1) is 10.4 Å². The molecule has 0 aromatic carbocycles. The van der Waals surface area contributed by atoms with E-state index in [1.165, 1.54) is 18.4 Å². The molecule has 4 nitrogen and oxygen atoms in total. The van der Waals surface area contributed by atoms with Crippen molar-refractivity contribution in [1.29, 1.82) is 0 Å². The molecular weight excluding hydrogens is 178 g/mol. The summed E-state index contributed by atoms with van der Waals surface area (Å²) in [5.74, 6) is -0.955. The Hall–Kier alpha value is -1.36. The standard InChI is InChI=1S/C7H5NO3S/c1-4(9)6-2-5(3-12-6)7(10)8-11/h2-3H,1H3. The lowest BCUT2D eigenvalue weighted by Gasteiger charge is -1.82. The van der Waals surface area contributed by atoms with Gasteiger partial charge in [0.15, 0.2) is 5.78 Å². The molecule has 0 aliphatic carbocycles. The molecular formula is C7H5NO3S. The van der Waals surface area contributed by atoms with Crippen LogP contribution in [0.15, 0.2) is 16.6 Å². The molecule has 0 saturated carbocycles. The first-order chi connectivity index (χ1) is 5.65. The van der Waals surface area contributed by atoms with Crippen LogP contribution in [0.3, 0.4) is 0 Å². The van der Waals surface area contributed by atoms with E-state index in [9.17, 15) is 14.5 Å². The summed E-state index contributed by atoms with van der Waals surface area (Å²) in [6, 6.07) is 1.37. The third-order valence-corrected chi connectivity index (χ3v) is 2.31. The maximum Gasteiger partial charge on any atom is 0.317 e. The van der Waals surface area contributed by atoms with Crippen molar-refractivity contribution in [1.82, 2.24) is 0 Å². The number of carbonyl (C=O) groups excluding carboxylic acids is 2. The average Bonchev–Trinajstić information content (AvgIpc) is 2.51. The molecule has 0 radical (unpaired) electrons. The summed E-state index contributed by atoms with van der Waals surface area (Å²) >= 11 is 1.13. The molecule has 1 aromatic rings. The van der Waals surface area contributed by atoms with Crippen LogP contribution in [0, 0.1) is 4.91 Å². The summed E-state index contributed by atoms with van der Waals surface area (Å²) in [5, 5.41) is 3.68. The Morgan fingerprint density at radius 1 is 1.50 bits per heavy atom. The number of carbonyl (C=O) groups is 2. The van der Waals surface area contributed by atoms with Crippen LogP contribution in [-0.2, 0) is 0 Å². The van der Waals surface area contributed by atoms with Gasteiger partial charge in [-0.3, -0.25) is 9.59 Å². The van der Waals surface area contributed by atoms with Gasteiger partial charge in [-0.15, -0.1) is 16.2 Å². The van der Waals surface area contributed by atoms with Crippen LogP contribution in [0.2, 0.25) is 0 Å². The Morgan fingerprint density at radius 3 is 2.58 bits per heavy atom. The second-order valence-corrected chi connectivity index (χ2v) is 3.06. The van der Waals surface area contributed by atoms with Gasteiger partial charge in [0.1, 0.15) is 0 Å². The Bertz CT molecular complexity index is 342. The fourth-order valence-electron chi connectivity index (χ4n) is 0.686. The van der Waals surface area contributed by atoms with Gasteiger partial charge < -0.3 is 0 Å². The summed E-state index contributed by atoms with van der Waals surface area (Å²) in [5.41, 5.74) is 0.181. The number of hydrogen-bond acceptors (Lipinski definition) is 4. The number of Topliss-reactive ketones (excluding diaryl/α,β-unsaturated/α-hetero) is 1. The molecule has 0 aliphatic rings. The summed E-state index contributed by atoms with van der Waals surface area (Å²) < 4.78 is 0. The zero-order valence-corrected chi connectivity index (χ0v) is 7.05. The van der Waals surface area contributed by atoms with E-state index in [0.717, 1.165) is 11.3 Å². The maximum atomic E-state index is 10.8. The van der Waals surface area contributed by atoms with Crippen LogP contribution in [0.5, 0.6) is 0 Å². The van der Waals surface area contributed by atoms with Gasteiger partial charge >= 0.3 is 5.91 Å². The van der Waals surface area contributed by atoms with Crippen molar-refractivity contribution in [3.63, 3.8) is 0 Å². The first-order valence-corrected chi connectivity index (χ1v) is 4.00. The molecule has 0 N–H and O–H groups in total. The van der Waals surface area contributed by atoms with E-state index in [-0.39, 0.29) is 11.3 Å². The second-order valence-electron chi connectivity index (χ2n) is 2.15. The van der Waals surface area contributed by atoms with Gasteiger partial charge in [-0.2, -0.15) is 0 Å². The van der Waals surface area contributed by atoms with E-state index in [2.05, 4.69) is 5.18 Å². The zero-order valence-electron chi connectivity index (χ0n) is 6.23. The number of nitrogens with zero attached hydrogens (tertiary/aromatic N) is 1. The second kappa shape index (κ2) is 3.36. The summed E-state index contributed by atoms with van der Waals surface area (Å²) in [6.45, 7) is 1.40. The normalized spacial score (nSPS) is 9.42. The van der Waals surface area contributed by atoms with Crippen molar-refractivity contribution in [3.8, 4) is 0 Å². The average molecular weight is 183 g/mol. The molecule has 0 bridgehead atoms. The Balaban J connectivity index is 2.99. The largest absolute Gasteiger partial charge is 0.317 e. The topological polar surface area (TPSA) is 63.6 Å². The number of amides is 1. The third-order valence-electron chi connectivity index (χ3n) is 1.28. The number of thiophene rings is 1. The molecule has 1 rings (SSSR count). The van der Waals surface area contributed by atoms with Gasteiger partial charge in [0, 0.05) is 10.6 Å². The van der Waals surface area contributed by atoms with Crippen LogP contribution < -0.4 is 0 Å². The molecule has 1 aromatic heterocycles. The summed E-state index contributed by atoms with van der Waals surface area (Å²) in [6.07, 6.45) is 0. The molecule has 62 valence electrons. The molecule has 0 saturated heterocycles. The minimum absolute atomic E-state index is 0.120. The molecule has 0 aliphatic heterocycles. The van der Waals surface area contributed by atoms with Gasteiger partial charge in [-0.1, -0.05) is 0 Å². The highest BCUT2D eigenvalue weighted by Gasteiger charge is 2.10. The summed E-state index contributed by atoms with van der Waals surface area (Å²) in [7, 11) is 0. The molecule has 0 fully saturated rings. The minimum Gasteiger partial charge on any atom is -0.294 e. The lowest BCUT2D eigenvalue weighted by molar-refractivity contribution is 0.100. The van der Waals surface area contributed by atoms with E-state index in [1.54, 1.807) is 0 Å². The fraction of sp³-hybridized carbons (Fsp3) is 0.143. The number of hydrogen-bond donors (Lipinski definition) is 0. The fourth-order valence-corrected chi connectivity index (χ4v) is 1.47.